The number of hydrogen-bond donors (Lipinski definition) is 2. The Bertz CT molecular complexity index is 1010. The molecule has 1 atom stereocenters. The molecule has 3 amide bonds. The Morgan fingerprint density at radius 1 is 1.22 bits per heavy atom. The number of fused-ring (bicyclic) bond motifs is 2. The van der Waals surface area contributed by atoms with Gasteiger partial charge in [0.2, 0.25) is 5.91 Å². The molecule has 1 aliphatic heterocycles. The van der Waals surface area contributed by atoms with Crippen LogP contribution >= 0.6 is 11.8 Å². The number of rotatable bonds is 5. The molecule has 3 aliphatic rings. The lowest BCUT2D eigenvalue weighted by Crippen LogP contribution is -2.39. The molecule has 0 radical (unpaired) electrons. The summed E-state index contributed by atoms with van der Waals surface area (Å²) in [5.74, 6) is -0.0322. The van der Waals surface area contributed by atoms with Gasteiger partial charge in [0.25, 0.3) is 11.8 Å². The first-order chi connectivity index (χ1) is 15.3. The van der Waals surface area contributed by atoms with Crippen LogP contribution in [-0.4, -0.2) is 36.7 Å². The first kappa shape index (κ1) is 22.6. The van der Waals surface area contributed by atoms with Gasteiger partial charge in [-0.15, -0.1) is 0 Å². The van der Waals surface area contributed by atoms with Crippen LogP contribution in [0.15, 0.2) is 45.8 Å². The molecule has 4 rings (SSSR count). The van der Waals surface area contributed by atoms with Crippen molar-refractivity contribution in [3.05, 3.63) is 52.1 Å². The molecule has 1 fully saturated rings. The van der Waals surface area contributed by atoms with Crippen LogP contribution in [0.5, 0.6) is 0 Å². The van der Waals surface area contributed by atoms with Crippen molar-refractivity contribution in [3.63, 3.8) is 0 Å². The Morgan fingerprint density at radius 2 is 1.97 bits per heavy atom. The molecule has 170 valence electrons. The van der Waals surface area contributed by atoms with E-state index in [1.807, 2.05) is 12.2 Å². The number of nitrogens with zero attached hydrogens (tertiary/aromatic N) is 1. The van der Waals surface area contributed by atoms with Crippen LogP contribution in [0.1, 0.15) is 72.1 Å². The van der Waals surface area contributed by atoms with Crippen LogP contribution in [-0.2, 0) is 4.79 Å². The first-order valence-electron chi connectivity index (χ1n) is 11.4. The van der Waals surface area contributed by atoms with Gasteiger partial charge >= 0.3 is 0 Å². The average molecular weight is 454 g/mol. The zero-order valence-corrected chi connectivity index (χ0v) is 19.6. The minimum Gasteiger partial charge on any atom is -0.369 e. The minimum absolute atomic E-state index is 0.109. The van der Waals surface area contributed by atoms with Gasteiger partial charge < -0.3 is 16.0 Å². The third-order valence-electron chi connectivity index (χ3n) is 6.90. The summed E-state index contributed by atoms with van der Waals surface area (Å²) in [6.45, 7) is 0. The summed E-state index contributed by atoms with van der Waals surface area (Å²) in [5, 5.41) is 2.99. The van der Waals surface area contributed by atoms with Gasteiger partial charge in [-0.25, -0.2) is 0 Å². The first-order valence-corrected chi connectivity index (χ1v) is 12.2. The Labute approximate surface area is 193 Å². The zero-order valence-electron chi connectivity index (χ0n) is 18.8. The standard InChI is InChI=1S/C25H31N3O3S/c1-28(2)23(30)17-8-9-18-21(14-17)32-20-11-13-25(24(26)31,15-19(20)27-22(18)29)12-10-16-6-4-3-5-7-16/h8-9,11,14-16H,3-7,10,12-13H2,1-2H3,(H2,26,31)(H,27,29). The van der Waals surface area contributed by atoms with Gasteiger partial charge in [-0.1, -0.05) is 49.9 Å². The maximum atomic E-state index is 13.0. The van der Waals surface area contributed by atoms with Gasteiger partial charge in [-0.3, -0.25) is 14.4 Å². The largest absolute Gasteiger partial charge is 0.369 e. The summed E-state index contributed by atoms with van der Waals surface area (Å²) in [6, 6.07) is 5.14. The van der Waals surface area contributed by atoms with Crippen molar-refractivity contribution in [1.82, 2.24) is 10.2 Å². The van der Waals surface area contributed by atoms with Gasteiger partial charge in [0, 0.05) is 29.5 Å². The summed E-state index contributed by atoms with van der Waals surface area (Å²) < 4.78 is 0. The van der Waals surface area contributed by atoms with Crippen molar-refractivity contribution < 1.29 is 14.4 Å². The molecule has 3 N–H and O–H groups in total. The SMILES string of the molecule is CN(C)C(=O)c1ccc2c(c1)SC1=CCC(CCC3CCCCC3)(C(N)=O)C=C1NC2=O. The van der Waals surface area contributed by atoms with E-state index in [1.165, 1.54) is 48.8 Å². The van der Waals surface area contributed by atoms with E-state index >= 15 is 0 Å². The van der Waals surface area contributed by atoms with Crippen LogP contribution in [0.2, 0.25) is 0 Å². The molecule has 1 heterocycles. The summed E-state index contributed by atoms with van der Waals surface area (Å²) in [7, 11) is 3.41. The van der Waals surface area contributed by atoms with Crippen LogP contribution < -0.4 is 11.1 Å². The molecule has 1 aromatic rings. The van der Waals surface area contributed by atoms with Crippen LogP contribution in [0, 0.1) is 11.3 Å². The molecule has 32 heavy (non-hydrogen) atoms. The van der Waals surface area contributed by atoms with Gasteiger partial charge in [-0.05, 0) is 49.5 Å². The van der Waals surface area contributed by atoms with E-state index in [0.717, 1.165) is 16.2 Å². The maximum Gasteiger partial charge on any atom is 0.256 e. The van der Waals surface area contributed by atoms with Gasteiger partial charge in [0.05, 0.1) is 16.7 Å². The van der Waals surface area contributed by atoms with E-state index in [0.29, 0.717) is 35.6 Å². The Morgan fingerprint density at radius 3 is 2.66 bits per heavy atom. The van der Waals surface area contributed by atoms with Crippen molar-refractivity contribution in [1.29, 1.82) is 0 Å². The lowest BCUT2D eigenvalue weighted by molar-refractivity contribution is -0.125. The second kappa shape index (κ2) is 9.14. The van der Waals surface area contributed by atoms with Crippen molar-refractivity contribution in [2.24, 2.45) is 17.1 Å². The van der Waals surface area contributed by atoms with Crippen LogP contribution in [0.3, 0.4) is 0 Å². The van der Waals surface area contributed by atoms with E-state index in [-0.39, 0.29) is 17.7 Å². The highest BCUT2D eigenvalue weighted by Gasteiger charge is 2.39. The number of hydrogen-bond acceptors (Lipinski definition) is 4. The highest BCUT2D eigenvalue weighted by Crippen LogP contribution is 2.45. The van der Waals surface area contributed by atoms with Gasteiger partial charge in [0.15, 0.2) is 0 Å². The van der Waals surface area contributed by atoms with E-state index in [1.54, 1.807) is 32.3 Å². The number of allylic oxidation sites excluding steroid dienone is 1. The summed E-state index contributed by atoms with van der Waals surface area (Å²) in [4.78, 5) is 41.1. The van der Waals surface area contributed by atoms with Gasteiger partial charge in [-0.2, -0.15) is 0 Å². The molecule has 1 aromatic carbocycles. The predicted octanol–water partition coefficient (Wildman–Crippen LogP) is 4.23. The van der Waals surface area contributed by atoms with Gasteiger partial charge in [0.1, 0.15) is 0 Å². The van der Waals surface area contributed by atoms with E-state index < -0.39 is 5.41 Å². The predicted molar refractivity (Wildman–Crippen MR) is 126 cm³/mol. The number of benzene rings is 1. The molecule has 1 saturated carbocycles. The quantitative estimate of drug-likeness (QED) is 0.698. The summed E-state index contributed by atoms with van der Waals surface area (Å²) >= 11 is 1.45. The third-order valence-corrected chi connectivity index (χ3v) is 8.06. The molecule has 1 unspecified atom stereocenters. The fraction of sp³-hybridized carbons (Fsp3) is 0.480. The lowest BCUT2D eigenvalue weighted by Gasteiger charge is -2.33. The van der Waals surface area contributed by atoms with Crippen LogP contribution in [0.4, 0.5) is 0 Å². The molecular formula is C25H31N3O3S. The summed E-state index contributed by atoms with van der Waals surface area (Å²) in [5.41, 5.74) is 6.84. The van der Waals surface area contributed by atoms with E-state index in [2.05, 4.69) is 5.32 Å². The highest BCUT2D eigenvalue weighted by atomic mass is 32.2. The number of primary amides is 1. The second-order valence-electron chi connectivity index (χ2n) is 9.36. The number of amides is 3. The molecule has 0 bridgehead atoms. The second-order valence-corrected chi connectivity index (χ2v) is 10.4. The number of nitrogens with one attached hydrogen (secondary N) is 1. The van der Waals surface area contributed by atoms with E-state index in [9.17, 15) is 14.4 Å². The Kier molecular flexibility index (Phi) is 6.47. The Hall–Kier alpha value is -2.54. The van der Waals surface area contributed by atoms with E-state index in [4.69, 9.17) is 5.73 Å². The van der Waals surface area contributed by atoms with Crippen molar-refractivity contribution in [2.75, 3.05) is 14.1 Å². The molecule has 7 heteroatoms. The van der Waals surface area contributed by atoms with Crippen molar-refractivity contribution in [3.8, 4) is 0 Å². The number of carbonyl (C=O) groups is 3. The Balaban J connectivity index is 1.60. The number of nitrogens with two attached hydrogens (primary N) is 1. The smallest absolute Gasteiger partial charge is 0.256 e. The molecule has 0 spiro atoms. The monoisotopic (exact) mass is 453 g/mol. The van der Waals surface area contributed by atoms with Crippen LogP contribution in [0.25, 0.3) is 0 Å². The molecule has 0 aromatic heterocycles. The fourth-order valence-corrected chi connectivity index (χ4v) is 5.97. The van der Waals surface area contributed by atoms with Crippen molar-refractivity contribution >= 4 is 29.5 Å². The molecule has 6 nitrogen and oxygen atoms in total. The third kappa shape index (κ3) is 4.49. The maximum absolute atomic E-state index is 13.0. The number of thioether (sulfide) groups is 1. The topological polar surface area (TPSA) is 92.5 Å². The van der Waals surface area contributed by atoms with Crippen molar-refractivity contribution in [2.45, 2.75) is 56.3 Å². The fourth-order valence-electron chi connectivity index (χ4n) is 4.89. The average Bonchev–Trinajstić information content (AvgIpc) is 2.92. The lowest BCUT2D eigenvalue weighted by atomic mass is 9.73. The zero-order chi connectivity index (χ0) is 22.9. The summed E-state index contributed by atoms with van der Waals surface area (Å²) in [6.07, 6.45) is 12.4. The highest BCUT2D eigenvalue weighted by molar-refractivity contribution is 8.03. The minimum atomic E-state index is -0.771. The normalized spacial score (nSPS) is 23.1. The molecule has 0 saturated heterocycles. The molecular weight excluding hydrogens is 422 g/mol. The molecule has 2 aliphatic carbocycles. The number of carbonyl (C=O) groups excluding carboxylic acids is 3.